The second kappa shape index (κ2) is 7.92. The van der Waals surface area contributed by atoms with E-state index in [1.807, 2.05) is 52.8 Å². The van der Waals surface area contributed by atoms with Gasteiger partial charge in [-0.05, 0) is 17.7 Å². The van der Waals surface area contributed by atoms with Gasteiger partial charge in [0.2, 0.25) is 0 Å². The van der Waals surface area contributed by atoms with Gasteiger partial charge in [0, 0.05) is 6.54 Å². The molecule has 0 aliphatic heterocycles. The van der Waals surface area contributed by atoms with E-state index in [0.717, 1.165) is 15.1 Å². The molecule has 0 saturated carbocycles. The predicted molar refractivity (Wildman–Crippen MR) is 73.9 cm³/mol. The largest absolute Gasteiger partial charge is 0.497 e. The van der Waals surface area contributed by atoms with E-state index in [1.54, 1.807) is 13.3 Å². The van der Waals surface area contributed by atoms with Gasteiger partial charge < -0.3 is 10.5 Å². The van der Waals surface area contributed by atoms with Gasteiger partial charge in [0.05, 0.1) is 7.11 Å². The number of nitrogens with two attached hydrogens (primary N) is 1. The van der Waals surface area contributed by atoms with E-state index in [4.69, 9.17) is 10.5 Å². The monoisotopic (exact) mass is 440 g/mol. The van der Waals surface area contributed by atoms with Crippen LogP contribution >= 0.6 is 0 Å². The van der Waals surface area contributed by atoms with Crippen LogP contribution in [0.15, 0.2) is 43.2 Å². The number of hydrogen-bond donors (Lipinski definition) is 1. The van der Waals surface area contributed by atoms with Crippen LogP contribution < -0.4 is 10.5 Å². The van der Waals surface area contributed by atoms with E-state index >= 15 is 0 Å². The Morgan fingerprint density at radius 2 is 1.95 bits per heavy atom. The van der Waals surface area contributed by atoms with Crippen LogP contribution in [-0.2, 0) is 32.9 Å². The minimum absolute atomic E-state index is 0.587. The first kappa shape index (κ1) is 15.7. The first-order chi connectivity index (χ1) is 9.12. The zero-order valence-electron chi connectivity index (χ0n) is 11.2. The number of imidazole rings is 1. The molecular formula is C14H19N3OPt. The zero-order valence-corrected chi connectivity index (χ0v) is 13.4. The third kappa shape index (κ3) is 4.66. The summed E-state index contributed by atoms with van der Waals surface area (Å²) in [5, 5.41) is 0. The molecule has 1 heterocycles. The van der Waals surface area contributed by atoms with Crippen molar-refractivity contribution < 1.29 is 24.1 Å². The summed E-state index contributed by atoms with van der Waals surface area (Å²) in [5.74, 6) is 0.872. The average Bonchev–Trinajstić information content (AvgIpc) is 2.79. The minimum atomic E-state index is 0.587. The Labute approximate surface area is 124 Å². The van der Waals surface area contributed by atoms with Crippen molar-refractivity contribution in [2.24, 2.45) is 12.8 Å². The second-order valence-corrected chi connectivity index (χ2v) is 4.81. The zero-order chi connectivity index (χ0) is 14.3. The first-order valence-corrected chi connectivity index (χ1v) is 6.90. The van der Waals surface area contributed by atoms with E-state index in [2.05, 4.69) is 25.9 Å². The summed E-state index contributed by atoms with van der Waals surface area (Å²) in [5.41, 5.74) is 6.53. The van der Waals surface area contributed by atoms with Crippen LogP contribution in [-0.4, -0.2) is 16.2 Å². The van der Waals surface area contributed by atoms with E-state index < -0.39 is 0 Å². The SMILES string of the molecule is C=Cn1ccn(C)[c]1=[Pt].COc1ccc(CN)cc1. The van der Waals surface area contributed by atoms with Gasteiger partial charge in [-0.25, -0.2) is 0 Å². The van der Waals surface area contributed by atoms with E-state index in [1.165, 1.54) is 0 Å². The molecule has 1 aromatic heterocycles. The minimum Gasteiger partial charge on any atom is -0.497 e. The van der Waals surface area contributed by atoms with Crippen molar-refractivity contribution in [1.82, 2.24) is 9.13 Å². The summed E-state index contributed by atoms with van der Waals surface area (Å²) in [6, 6.07) is 7.72. The number of rotatable bonds is 3. The number of ether oxygens (including phenoxy) is 1. The van der Waals surface area contributed by atoms with Gasteiger partial charge in [-0.1, -0.05) is 12.1 Å². The topological polar surface area (TPSA) is 45.1 Å². The van der Waals surface area contributed by atoms with Crippen molar-refractivity contribution >= 4 is 6.20 Å². The van der Waals surface area contributed by atoms with Crippen LogP contribution in [0.1, 0.15) is 5.56 Å². The molecule has 0 radical (unpaired) electrons. The summed E-state index contributed by atoms with van der Waals surface area (Å²) in [7, 11) is 3.65. The van der Waals surface area contributed by atoms with Crippen molar-refractivity contribution in [3.63, 3.8) is 0 Å². The Morgan fingerprint density at radius 3 is 2.26 bits per heavy atom. The van der Waals surface area contributed by atoms with Crippen molar-refractivity contribution in [3.8, 4) is 5.75 Å². The molecule has 19 heavy (non-hydrogen) atoms. The number of nitrogens with zero attached hydrogens (tertiary/aromatic N) is 2. The molecule has 5 heteroatoms. The number of aryl methyl sites for hydroxylation is 1. The molecule has 106 valence electrons. The molecule has 0 saturated heterocycles. The average molecular weight is 440 g/mol. The van der Waals surface area contributed by atoms with Gasteiger partial charge in [-0.3, -0.25) is 0 Å². The summed E-state index contributed by atoms with van der Waals surface area (Å²) < 4.78 is 10.1. The smallest absolute Gasteiger partial charge is 0.118 e. The van der Waals surface area contributed by atoms with Crippen LogP contribution in [0.25, 0.3) is 6.20 Å². The molecule has 0 atom stereocenters. The number of benzene rings is 1. The van der Waals surface area contributed by atoms with Crippen LogP contribution in [0.3, 0.4) is 0 Å². The molecule has 2 rings (SSSR count). The molecule has 2 aromatic rings. The van der Waals surface area contributed by atoms with E-state index in [-0.39, 0.29) is 0 Å². The van der Waals surface area contributed by atoms with Gasteiger partial charge in [-0.15, -0.1) is 0 Å². The fourth-order valence-corrected chi connectivity index (χ4v) is 1.91. The van der Waals surface area contributed by atoms with Crippen molar-refractivity contribution in [3.05, 3.63) is 52.6 Å². The van der Waals surface area contributed by atoms with E-state index in [0.29, 0.717) is 6.54 Å². The molecule has 4 nitrogen and oxygen atoms in total. The van der Waals surface area contributed by atoms with Gasteiger partial charge in [-0.2, -0.15) is 0 Å². The molecule has 0 amide bonds. The molecular weight excluding hydrogens is 421 g/mol. The molecule has 0 aliphatic carbocycles. The Balaban J connectivity index is 0.000000191. The number of aromatic nitrogens is 2. The van der Waals surface area contributed by atoms with Crippen LogP contribution in [0, 0.1) is 3.80 Å². The van der Waals surface area contributed by atoms with Crippen molar-refractivity contribution in [2.75, 3.05) is 7.11 Å². The quantitative estimate of drug-likeness (QED) is 0.795. The van der Waals surface area contributed by atoms with Crippen LogP contribution in [0.4, 0.5) is 0 Å². The fraction of sp³-hybridized carbons (Fsp3) is 0.214. The Kier molecular flexibility index (Phi) is 6.54. The van der Waals surface area contributed by atoms with Gasteiger partial charge in [0.1, 0.15) is 5.75 Å². The third-order valence-corrected chi connectivity index (χ3v) is 3.90. The molecule has 0 unspecified atom stereocenters. The molecule has 2 N–H and O–H groups in total. The molecule has 0 spiro atoms. The Hall–Kier alpha value is -1.38. The second-order valence-electron chi connectivity index (χ2n) is 3.79. The summed E-state index contributed by atoms with van der Waals surface area (Å²) in [6.45, 7) is 4.24. The molecule has 1 aromatic carbocycles. The van der Waals surface area contributed by atoms with Crippen molar-refractivity contribution in [2.45, 2.75) is 6.54 Å². The fourth-order valence-electron chi connectivity index (χ4n) is 1.36. The summed E-state index contributed by atoms with van der Waals surface area (Å²) >= 11 is 2.24. The molecule has 0 fully saturated rings. The number of hydrogen-bond acceptors (Lipinski definition) is 2. The van der Waals surface area contributed by atoms with Crippen molar-refractivity contribution in [1.29, 1.82) is 0 Å². The standard InChI is InChI=1S/C8H11NO.C6H8N2.Pt/c1-10-8-4-2-7(6-9)3-5-8;1-3-8-5-4-7(2)6-8;/h2-5H,6,9H2,1H3;3-5H,1H2,2H3;. The molecule has 0 bridgehead atoms. The Bertz CT molecular complexity index is 546. The maximum absolute atomic E-state index is 5.40. The maximum Gasteiger partial charge on any atom is 0.118 e. The van der Waals surface area contributed by atoms with Crippen LogP contribution in [0.2, 0.25) is 0 Å². The first-order valence-electron chi connectivity index (χ1n) is 5.76. The maximum atomic E-state index is 5.40. The summed E-state index contributed by atoms with van der Waals surface area (Å²) in [6.07, 6.45) is 5.74. The van der Waals surface area contributed by atoms with E-state index in [9.17, 15) is 0 Å². The summed E-state index contributed by atoms with van der Waals surface area (Å²) in [4.78, 5) is 0. The number of methoxy groups -OCH3 is 1. The third-order valence-electron chi connectivity index (χ3n) is 2.51. The Morgan fingerprint density at radius 1 is 1.32 bits per heavy atom. The van der Waals surface area contributed by atoms with Gasteiger partial charge in [0.15, 0.2) is 0 Å². The predicted octanol–water partition coefficient (Wildman–Crippen LogP) is 2.16. The van der Waals surface area contributed by atoms with Gasteiger partial charge >= 0.3 is 64.5 Å². The van der Waals surface area contributed by atoms with Crippen LogP contribution in [0.5, 0.6) is 5.75 Å². The van der Waals surface area contributed by atoms with Gasteiger partial charge in [0.25, 0.3) is 0 Å². The normalized spacial score (nSPS) is 9.53. The molecule has 0 aliphatic rings.